The fourth-order valence-corrected chi connectivity index (χ4v) is 2.20. The number of ketones is 1. The number of hydrogen-bond acceptors (Lipinski definition) is 5. The van der Waals surface area contributed by atoms with E-state index in [0.29, 0.717) is 13.1 Å². The van der Waals surface area contributed by atoms with Gasteiger partial charge in [0.15, 0.2) is 5.78 Å². The van der Waals surface area contributed by atoms with Gasteiger partial charge < -0.3 is 9.84 Å². The molecule has 0 aromatic heterocycles. The zero-order valence-corrected chi connectivity index (χ0v) is 11.9. The smallest absolute Gasteiger partial charge is 0.293 e. The number of carbonyl (C=O) groups is 2. The molecule has 5 nitrogen and oxygen atoms in total. The Morgan fingerprint density at radius 1 is 1.58 bits per heavy atom. The van der Waals surface area contributed by atoms with Crippen molar-refractivity contribution < 1.29 is 19.4 Å². The molecule has 1 aliphatic heterocycles. The van der Waals surface area contributed by atoms with Gasteiger partial charge in [0.25, 0.3) is 13.2 Å². The van der Waals surface area contributed by atoms with E-state index in [0.717, 1.165) is 25.5 Å². The summed E-state index contributed by atoms with van der Waals surface area (Å²) in [6.45, 7) is 6.18. The van der Waals surface area contributed by atoms with Crippen LogP contribution in [0.25, 0.3) is 0 Å². The molecule has 0 aliphatic carbocycles. The zero-order valence-electron chi connectivity index (χ0n) is 11.9. The Hall–Kier alpha value is -1.35. The Labute approximate surface area is 115 Å². The highest BCUT2D eigenvalue weighted by Gasteiger charge is 2.40. The molecule has 19 heavy (non-hydrogen) atoms. The maximum atomic E-state index is 11.7. The molecule has 1 N–H and O–H groups in total. The molecule has 0 spiro atoms. The number of rotatable bonds is 4. The third kappa shape index (κ3) is 5.88. The Kier molecular flexibility index (Phi) is 8.09. The van der Waals surface area contributed by atoms with Gasteiger partial charge in [0.2, 0.25) is 0 Å². The molecular weight excluding hydrogens is 245 g/mol. The van der Waals surface area contributed by atoms with Crippen LogP contribution in [0, 0.1) is 16.6 Å². The number of aliphatic hydroxyl groups excluding tert-OH is 1. The minimum atomic E-state index is -0.876. The van der Waals surface area contributed by atoms with Crippen LogP contribution in [0.2, 0.25) is 12.6 Å². The molecule has 0 aromatic carbocycles. The van der Waals surface area contributed by atoms with E-state index >= 15 is 0 Å². The van der Waals surface area contributed by atoms with Gasteiger partial charge in [0, 0.05) is 11.4 Å². The third-order valence-corrected chi connectivity index (χ3v) is 3.48. The maximum Gasteiger partial charge on any atom is 0.293 e. The third-order valence-electron chi connectivity index (χ3n) is 3.48. The average Bonchev–Trinajstić information content (AvgIpc) is 2.40. The number of aliphatic hydroxyl groups is 1. The predicted octanol–water partition coefficient (Wildman–Crippen LogP) is 1.47. The first-order valence-electron chi connectivity index (χ1n) is 6.58. The van der Waals surface area contributed by atoms with Crippen LogP contribution in [-0.4, -0.2) is 36.8 Å². The summed E-state index contributed by atoms with van der Waals surface area (Å²) in [6.07, 6.45) is 2.15. The van der Waals surface area contributed by atoms with Crippen molar-refractivity contribution in [2.24, 2.45) is 5.41 Å². The second kappa shape index (κ2) is 8.70. The molecule has 1 rings (SSSR count). The van der Waals surface area contributed by atoms with Gasteiger partial charge in [-0.2, -0.15) is 0 Å². The van der Waals surface area contributed by atoms with Crippen LogP contribution in [0.15, 0.2) is 0 Å². The minimum Gasteiger partial charge on any atom is -0.468 e. The maximum absolute atomic E-state index is 11.7. The molecule has 1 atom stereocenters. The highest BCUT2D eigenvalue weighted by molar-refractivity contribution is 6.67. The summed E-state index contributed by atoms with van der Waals surface area (Å²) in [5.41, 5.74) is -0.401. The molecule has 0 aromatic rings. The molecule has 6 heteroatoms. The zero-order chi connectivity index (χ0) is 14.9. The Morgan fingerprint density at radius 3 is 2.37 bits per heavy atom. The number of ether oxygens (including phenoxy) is 1. The monoisotopic (exact) mass is 267 g/mol. The van der Waals surface area contributed by atoms with Crippen LogP contribution in [0.5, 0.6) is 0 Å². The first kappa shape index (κ1) is 17.7. The van der Waals surface area contributed by atoms with Gasteiger partial charge in [-0.3, -0.25) is 9.59 Å². The first-order valence-corrected chi connectivity index (χ1v) is 6.58. The summed E-state index contributed by atoms with van der Waals surface area (Å²) in [5.74, 6) is 2.16. The molecule has 1 aliphatic rings. The van der Waals surface area contributed by atoms with Crippen molar-refractivity contribution in [3.05, 3.63) is 0 Å². The second-order valence-electron chi connectivity index (χ2n) is 5.06. The summed E-state index contributed by atoms with van der Waals surface area (Å²) in [4.78, 5) is 20.9. The molecule has 0 saturated carbocycles. The normalized spacial score (nSPS) is 18.4. The van der Waals surface area contributed by atoms with Crippen molar-refractivity contribution in [3.63, 3.8) is 0 Å². The molecule has 1 unspecified atom stereocenters. The largest absolute Gasteiger partial charge is 0.468 e. The van der Waals surface area contributed by atoms with E-state index in [1.807, 2.05) is 6.92 Å². The topological polar surface area (TPSA) is 87.4 Å². The molecule has 0 amide bonds. The fourth-order valence-electron chi connectivity index (χ4n) is 2.20. The van der Waals surface area contributed by atoms with Gasteiger partial charge in [-0.1, -0.05) is 19.6 Å². The lowest BCUT2D eigenvalue weighted by atomic mass is 9.39. The Morgan fingerprint density at radius 2 is 2.11 bits per heavy atom. The van der Waals surface area contributed by atoms with Crippen molar-refractivity contribution >= 4 is 19.0 Å². The van der Waals surface area contributed by atoms with Crippen LogP contribution in [0.4, 0.5) is 0 Å². The van der Waals surface area contributed by atoms with Crippen LogP contribution in [-0.2, 0) is 14.3 Å². The lowest BCUT2D eigenvalue weighted by molar-refractivity contribution is -0.136. The number of nitrogens with zero attached hydrogens (tertiary/aromatic N) is 1. The van der Waals surface area contributed by atoms with E-state index in [2.05, 4.69) is 10.7 Å². The van der Waals surface area contributed by atoms with Gasteiger partial charge in [-0.05, 0) is 26.7 Å². The number of carbonyl (C=O) groups excluding carboxylic acids is 2. The highest BCUT2D eigenvalue weighted by Crippen LogP contribution is 2.37. The van der Waals surface area contributed by atoms with Crippen LogP contribution in [0.1, 0.15) is 33.6 Å². The summed E-state index contributed by atoms with van der Waals surface area (Å²) in [5, 5.41) is 18.0. The number of nitriles is 1. The first-order chi connectivity index (χ1) is 8.91. The van der Waals surface area contributed by atoms with Crippen LogP contribution in [0.3, 0.4) is 0 Å². The lowest BCUT2D eigenvalue weighted by Gasteiger charge is -2.33. The van der Waals surface area contributed by atoms with Gasteiger partial charge in [0.05, 0.1) is 6.61 Å². The summed E-state index contributed by atoms with van der Waals surface area (Å²) in [7, 11) is 0. The van der Waals surface area contributed by atoms with E-state index in [1.54, 1.807) is 6.92 Å². The molecular formula is C13H22BNO4. The Balaban J connectivity index is 0.000000555. The van der Waals surface area contributed by atoms with Gasteiger partial charge in [-0.15, -0.1) is 0 Å². The second-order valence-corrected chi connectivity index (χ2v) is 5.06. The van der Waals surface area contributed by atoms with E-state index in [4.69, 9.17) is 5.26 Å². The van der Waals surface area contributed by atoms with Gasteiger partial charge >= 0.3 is 0 Å². The molecule has 1 saturated heterocycles. The van der Waals surface area contributed by atoms with Gasteiger partial charge in [-0.25, -0.2) is 5.26 Å². The quantitative estimate of drug-likeness (QED) is 0.615. The van der Waals surface area contributed by atoms with Crippen molar-refractivity contribution in [3.8, 4) is 5.97 Å². The molecule has 106 valence electrons. The SMILES string of the molecule is CC(O)C(=O)C1(C)CCB(C#N)CC1.CCOC=O. The van der Waals surface area contributed by atoms with Gasteiger partial charge in [0.1, 0.15) is 6.10 Å². The molecule has 1 fully saturated rings. The fraction of sp³-hybridized carbons (Fsp3) is 0.769. The summed E-state index contributed by atoms with van der Waals surface area (Å²) in [6, 6.07) is 0. The van der Waals surface area contributed by atoms with E-state index in [9.17, 15) is 14.7 Å². The van der Waals surface area contributed by atoms with Crippen LogP contribution >= 0.6 is 0 Å². The molecule has 0 bridgehead atoms. The van der Waals surface area contributed by atoms with Crippen LogP contribution < -0.4 is 0 Å². The number of Topliss-reactive ketones (excluding diaryl/α,β-unsaturated/α-hetero) is 1. The minimum absolute atomic E-state index is 0.0751. The molecule has 1 heterocycles. The standard InChI is InChI=1S/C10H16BNO2.C3H6O2/c1-8(13)9(14)10(2)3-5-11(7-12)6-4-10;1-2-5-3-4/h8,13H,3-6H2,1-2H3;3H,2H2,1H3. The molecule has 0 radical (unpaired) electrons. The summed E-state index contributed by atoms with van der Waals surface area (Å²) < 4.78 is 4.15. The van der Waals surface area contributed by atoms with E-state index in [1.165, 1.54) is 6.92 Å². The van der Waals surface area contributed by atoms with E-state index in [-0.39, 0.29) is 12.5 Å². The van der Waals surface area contributed by atoms with Crippen molar-refractivity contribution in [2.75, 3.05) is 6.61 Å². The van der Waals surface area contributed by atoms with E-state index < -0.39 is 11.5 Å². The number of hydrogen-bond donors (Lipinski definition) is 1. The summed E-state index contributed by atoms with van der Waals surface area (Å²) >= 11 is 0. The van der Waals surface area contributed by atoms with Crippen molar-refractivity contribution in [1.29, 1.82) is 5.26 Å². The average molecular weight is 267 g/mol. The van der Waals surface area contributed by atoms with Crippen molar-refractivity contribution in [2.45, 2.75) is 52.4 Å². The highest BCUT2D eigenvalue weighted by atomic mass is 16.5. The predicted molar refractivity (Wildman–Crippen MR) is 72.7 cm³/mol. The lowest BCUT2D eigenvalue weighted by Crippen LogP contribution is -2.39. The van der Waals surface area contributed by atoms with Crippen molar-refractivity contribution in [1.82, 2.24) is 0 Å². The Bertz CT molecular complexity index is 330.